The van der Waals surface area contributed by atoms with Crippen molar-refractivity contribution in [2.45, 2.75) is 38.8 Å². The summed E-state index contributed by atoms with van der Waals surface area (Å²) in [6.45, 7) is 4.53. The fourth-order valence-electron chi connectivity index (χ4n) is 3.69. The number of hydrogen-bond donors (Lipinski definition) is 2. The number of carbonyl (C=O) groups is 1. The van der Waals surface area contributed by atoms with Crippen LogP contribution in [-0.2, 0) is 17.8 Å². The molecule has 1 aliphatic rings. The van der Waals surface area contributed by atoms with Gasteiger partial charge < -0.3 is 15.3 Å². The Bertz CT molecular complexity index is 973. The van der Waals surface area contributed by atoms with Crippen LogP contribution in [0.4, 0.5) is 0 Å². The molecule has 3 aromatic heterocycles. The number of likely N-dealkylation sites (tertiary alicyclic amines) is 1. The van der Waals surface area contributed by atoms with Crippen LogP contribution in [0.5, 0.6) is 5.88 Å². The summed E-state index contributed by atoms with van der Waals surface area (Å²) in [5.74, 6) is 0.115. The minimum atomic E-state index is -0.289. The van der Waals surface area contributed by atoms with Crippen LogP contribution in [0.3, 0.4) is 0 Å². The predicted octanol–water partition coefficient (Wildman–Crippen LogP) is -1.19. The lowest BCUT2D eigenvalue weighted by Crippen LogP contribution is -3.13. The molecule has 0 aliphatic carbocycles. The van der Waals surface area contributed by atoms with Crippen molar-refractivity contribution in [2.24, 2.45) is 0 Å². The Morgan fingerprint density at radius 1 is 1.39 bits per heavy atom. The molecule has 0 radical (unpaired) electrons. The van der Waals surface area contributed by atoms with Crippen molar-refractivity contribution in [3.63, 3.8) is 0 Å². The number of aryl methyl sites for hydroxylation is 1. The first-order valence-electron chi connectivity index (χ1n) is 9.50. The lowest BCUT2D eigenvalue weighted by atomic mass is 10.1. The second-order valence-corrected chi connectivity index (χ2v) is 7.26. The quantitative estimate of drug-likeness (QED) is 0.575. The maximum Gasteiger partial charge on any atom is 0.252 e. The van der Waals surface area contributed by atoms with Gasteiger partial charge in [0, 0.05) is 11.9 Å². The highest BCUT2D eigenvalue weighted by atomic mass is 16.3. The van der Waals surface area contributed by atoms with Gasteiger partial charge in [-0.2, -0.15) is 10.1 Å². The zero-order valence-corrected chi connectivity index (χ0v) is 15.8. The van der Waals surface area contributed by atoms with Crippen LogP contribution < -0.4 is 15.3 Å². The molecule has 1 unspecified atom stereocenters. The molecule has 3 aromatic rings. The molecule has 9 heteroatoms. The third-order valence-corrected chi connectivity index (χ3v) is 4.91. The second kappa shape index (κ2) is 7.89. The van der Waals surface area contributed by atoms with Gasteiger partial charge in [0.2, 0.25) is 5.91 Å². The summed E-state index contributed by atoms with van der Waals surface area (Å²) < 4.78 is 1.13. The molecular weight excluding hydrogens is 358 g/mol. The summed E-state index contributed by atoms with van der Waals surface area (Å²) >= 11 is 0. The maximum atomic E-state index is 12.5. The lowest BCUT2D eigenvalue weighted by Gasteiger charge is -2.30. The van der Waals surface area contributed by atoms with E-state index in [1.54, 1.807) is 6.92 Å². The van der Waals surface area contributed by atoms with Crippen LogP contribution in [0.2, 0.25) is 0 Å². The number of nitrogens with zero attached hydrogens (tertiary/aromatic N) is 5. The largest absolute Gasteiger partial charge is 0.858 e. The van der Waals surface area contributed by atoms with Crippen molar-refractivity contribution in [1.82, 2.24) is 29.9 Å². The van der Waals surface area contributed by atoms with E-state index in [4.69, 9.17) is 0 Å². The maximum absolute atomic E-state index is 12.5. The number of amides is 1. The second-order valence-electron chi connectivity index (χ2n) is 7.26. The molecule has 9 nitrogen and oxygen atoms in total. The van der Waals surface area contributed by atoms with E-state index >= 15 is 0 Å². The van der Waals surface area contributed by atoms with Crippen LogP contribution in [0.1, 0.15) is 30.1 Å². The number of carbonyl (C=O) groups excluding carboxylic acids is 1. The standard InChI is InChI=1S/C19H23N7O2/c1-13-9-18(28)26-19(21-13)23-16(24-26)10-17(27)22-15-6-4-8-25(12-15)11-14-5-2-3-7-20-14/h2-3,5,7,9,15,28H,4,6,8,10-12H2,1H3,(H,22,27)/t15-/m0/s1. The van der Waals surface area contributed by atoms with Gasteiger partial charge in [-0.1, -0.05) is 6.07 Å². The van der Waals surface area contributed by atoms with Crippen molar-refractivity contribution >= 4 is 11.7 Å². The molecule has 0 saturated carbocycles. The lowest BCUT2D eigenvalue weighted by molar-refractivity contribution is -0.919. The summed E-state index contributed by atoms with van der Waals surface area (Å²) in [7, 11) is 0. The Morgan fingerprint density at radius 3 is 3.11 bits per heavy atom. The smallest absolute Gasteiger partial charge is 0.252 e. The van der Waals surface area contributed by atoms with E-state index in [9.17, 15) is 9.90 Å². The summed E-state index contributed by atoms with van der Waals surface area (Å²) in [5, 5.41) is 19.1. The van der Waals surface area contributed by atoms with Crippen LogP contribution in [0.15, 0.2) is 30.5 Å². The summed E-state index contributed by atoms with van der Waals surface area (Å²) in [4.78, 5) is 26.6. The number of rotatable bonds is 5. The molecular formula is C19H23N7O2. The van der Waals surface area contributed by atoms with Gasteiger partial charge in [0.05, 0.1) is 31.2 Å². The van der Waals surface area contributed by atoms with Crippen molar-refractivity contribution < 1.29 is 14.8 Å². The average molecular weight is 381 g/mol. The molecule has 0 aromatic carbocycles. The highest BCUT2D eigenvalue weighted by Gasteiger charge is 2.25. The van der Waals surface area contributed by atoms with Crippen molar-refractivity contribution in [3.05, 3.63) is 47.7 Å². The predicted molar refractivity (Wildman–Crippen MR) is 98.5 cm³/mol. The summed E-state index contributed by atoms with van der Waals surface area (Å²) in [6.07, 6.45) is 3.86. The average Bonchev–Trinajstić information content (AvgIpc) is 3.05. The minimum absolute atomic E-state index is 0.0356. The normalized spacial score (nSPS) is 19.6. The number of aromatic nitrogens is 5. The molecule has 2 atom stereocenters. The highest BCUT2D eigenvalue weighted by Crippen LogP contribution is 2.09. The highest BCUT2D eigenvalue weighted by molar-refractivity contribution is 5.78. The minimum Gasteiger partial charge on any atom is -0.858 e. The third kappa shape index (κ3) is 4.25. The van der Waals surface area contributed by atoms with E-state index in [0.717, 1.165) is 42.7 Å². The molecule has 0 bridgehead atoms. The fourth-order valence-corrected chi connectivity index (χ4v) is 3.69. The molecule has 4 rings (SSSR count). The van der Waals surface area contributed by atoms with Crippen LogP contribution in [0, 0.1) is 6.92 Å². The first-order valence-corrected chi connectivity index (χ1v) is 9.50. The van der Waals surface area contributed by atoms with Crippen molar-refractivity contribution in [2.75, 3.05) is 13.1 Å². The number of quaternary nitrogens is 1. The number of fused-ring (bicyclic) bond motifs is 1. The molecule has 146 valence electrons. The molecule has 1 aliphatic heterocycles. The molecule has 2 N–H and O–H groups in total. The van der Waals surface area contributed by atoms with Gasteiger partial charge in [-0.3, -0.25) is 9.78 Å². The van der Waals surface area contributed by atoms with E-state index in [1.807, 2.05) is 24.4 Å². The first kappa shape index (κ1) is 18.3. The van der Waals surface area contributed by atoms with Gasteiger partial charge in [0.25, 0.3) is 5.78 Å². The van der Waals surface area contributed by atoms with Gasteiger partial charge >= 0.3 is 0 Å². The van der Waals surface area contributed by atoms with Crippen molar-refractivity contribution in [1.29, 1.82) is 0 Å². The Balaban J connectivity index is 1.35. The Morgan fingerprint density at radius 2 is 2.29 bits per heavy atom. The molecule has 28 heavy (non-hydrogen) atoms. The van der Waals surface area contributed by atoms with Gasteiger partial charge in [-0.05, 0) is 43.8 Å². The van der Waals surface area contributed by atoms with E-state index in [-0.39, 0.29) is 30.0 Å². The third-order valence-electron chi connectivity index (χ3n) is 4.91. The molecule has 0 spiro atoms. The van der Waals surface area contributed by atoms with Crippen LogP contribution >= 0.6 is 0 Å². The van der Waals surface area contributed by atoms with Gasteiger partial charge in [-0.15, -0.1) is 0 Å². The molecule has 1 fully saturated rings. The molecule has 4 heterocycles. The molecule has 1 saturated heterocycles. The number of nitrogens with one attached hydrogen (secondary N) is 2. The van der Waals surface area contributed by atoms with E-state index in [2.05, 4.69) is 25.4 Å². The van der Waals surface area contributed by atoms with Crippen LogP contribution in [-0.4, -0.2) is 49.6 Å². The SMILES string of the molecule is Cc1cc([O-])n2nc(CC(=O)N[C@H]3CCC[NH+](Cc4ccccn4)C3)nc2n1. The Labute approximate surface area is 162 Å². The number of pyridine rings is 1. The Hall–Kier alpha value is -3.07. The van der Waals surface area contributed by atoms with E-state index in [1.165, 1.54) is 11.0 Å². The van der Waals surface area contributed by atoms with Gasteiger partial charge in [0.15, 0.2) is 5.82 Å². The fraction of sp³-hybridized carbons (Fsp3) is 0.421. The Kier molecular flexibility index (Phi) is 5.16. The zero-order valence-electron chi connectivity index (χ0n) is 15.8. The topological polar surface area (TPSA) is 113 Å². The van der Waals surface area contributed by atoms with Gasteiger partial charge in [-0.25, -0.2) is 9.50 Å². The monoisotopic (exact) mass is 381 g/mol. The van der Waals surface area contributed by atoms with Crippen LogP contribution in [0.25, 0.3) is 5.78 Å². The van der Waals surface area contributed by atoms with E-state index in [0.29, 0.717) is 11.5 Å². The summed E-state index contributed by atoms with van der Waals surface area (Å²) in [6, 6.07) is 7.46. The molecule has 1 amide bonds. The van der Waals surface area contributed by atoms with Gasteiger partial charge in [0.1, 0.15) is 6.54 Å². The first-order chi connectivity index (χ1) is 13.6. The zero-order chi connectivity index (χ0) is 19.5. The number of hydrogen-bond acceptors (Lipinski definition) is 6. The number of piperidine rings is 1. The van der Waals surface area contributed by atoms with E-state index < -0.39 is 0 Å². The van der Waals surface area contributed by atoms with Crippen molar-refractivity contribution in [3.8, 4) is 5.88 Å². The summed E-state index contributed by atoms with van der Waals surface area (Å²) in [5.41, 5.74) is 1.65.